The van der Waals surface area contributed by atoms with E-state index in [-0.39, 0.29) is 0 Å². The molecule has 0 bridgehead atoms. The Morgan fingerprint density at radius 3 is 1.73 bits per heavy atom. The van der Waals surface area contributed by atoms with Crippen molar-refractivity contribution < 1.29 is 0 Å². The predicted octanol–water partition coefficient (Wildman–Crippen LogP) is 5.55. The van der Waals surface area contributed by atoms with Gasteiger partial charge in [-0.25, -0.2) is 0 Å². The van der Waals surface area contributed by atoms with Gasteiger partial charge in [-0.1, -0.05) is 61.6 Å². The molecule has 0 fully saturated rings. The highest BCUT2D eigenvalue weighted by molar-refractivity contribution is 5.44. The molecule has 2 rings (SSSR count). The summed E-state index contributed by atoms with van der Waals surface area (Å²) in [6.45, 7) is 4.27. The fourth-order valence-electron chi connectivity index (χ4n) is 2.36. The van der Waals surface area contributed by atoms with Gasteiger partial charge in [0.15, 0.2) is 0 Å². The van der Waals surface area contributed by atoms with E-state index >= 15 is 0 Å². The van der Waals surface area contributed by atoms with E-state index in [1.807, 2.05) is 0 Å². The van der Waals surface area contributed by atoms with Crippen LogP contribution in [0.2, 0.25) is 0 Å². The van der Waals surface area contributed by atoms with Crippen molar-refractivity contribution in [3.05, 3.63) is 82.9 Å². The first-order valence-electron chi connectivity index (χ1n) is 8.13. The second-order valence-corrected chi connectivity index (χ2v) is 5.50. The number of aryl methyl sites for hydroxylation is 2. The van der Waals surface area contributed by atoms with Crippen LogP contribution in [0.1, 0.15) is 48.9 Å². The molecule has 0 atom stereocenters. The molecule has 0 aromatic heterocycles. The highest BCUT2D eigenvalue weighted by Gasteiger charge is 1.93. The van der Waals surface area contributed by atoms with Gasteiger partial charge in [0.25, 0.3) is 0 Å². The molecule has 0 N–H and O–H groups in total. The smallest absolute Gasteiger partial charge is 0.0249 e. The molecule has 0 aliphatic carbocycles. The van der Waals surface area contributed by atoms with Crippen molar-refractivity contribution in [2.45, 2.75) is 39.5 Å². The number of benzene rings is 2. The lowest BCUT2D eigenvalue weighted by molar-refractivity contribution is 0.922. The molecular weight excluding hydrogens is 264 g/mol. The van der Waals surface area contributed by atoms with Crippen LogP contribution in [-0.2, 0) is 12.8 Å². The van der Waals surface area contributed by atoms with E-state index in [1.165, 1.54) is 17.5 Å². The quantitative estimate of drug-likeness (QED) is 0.500. The predicted molar refractivity (Wildman–Crippen MR) is 96.0 cm³/mol. The Morgan fingerprint density at radius 1 is 0.773 bits per heavy atom. The van der Waals surface area contributed by atoms with Gasteiger partial charge in [-0.3, -0.25) is 0 Å². The van der Waals surface area contributed by atoms with E-state index in [0.717, 1.165) is 30.4 Å². The average molecular weight is 288 g/mol. The Labute approximate surface area is 134 Å². The summed E-state index contributed by atoms with van der Waals surface area (Å²) in [7, 11) is 0. The third-order valence-electron chi connectivity index (χ3n) is 3.63. The van der Waals surface area contributed by atoms with Gasteiger partial charge in [-0.05, 0) is 61.6 Å². The maximum absolute atomic E-state index is 3.24. The zero-order valence-electron chi connectivity index (χ0n) is 13.6. The Balaban J connectivity index is 1.98. The maximum Gasteiger partial charge on any atom is 0.0249 e. The summed E-state index contributed by atoms with van der Waals surface area (Å²) >= 11 is 0. The lowest BCUT2D eigenvalue weighted by Crippen LogP contribution is -1.84. The molecule has 0 amide bonds. The van der Waals surface area contributed by atoms with Crippen LogP contribution in [0.3, 0.4) is 0 Å². The number of allylic oxidation sites excluding steroid dienone is 2. The van der Waals surface area contributed by atoms with Crippen LogP contribution in [-0.4, -0.2) is 0 Å². The highest BCUT2D eigenvalue weighted by atomic mass is 14.0. The first-order chi connectivity index (χ1) is 10.8. The van der Waals surface area contributed by atoms with Gasteiger partial charge in [0, 0.05) is 11.1 Å². The Bertz CT molecular complexity index is 646. The van der Waals surface area contributed by atoms with Gasteiger partial charge in [-0.2, -0.15) is 0 Å². The van der Waals surface area contributed by atoms with E-state index in [9.17, 15) is 0 Å². The number of hydrogen-bond acceptors (Lipinski definition) is 0. The largest absolute Gasteiger partial charge is 0.0917 e. The van der Waals surface area contributed by atoms with Crippen LogP contribution >= 0.6 is 0 Å². The van der Waals surface area contributed by atoms with Crippen LogP contribution < -0.4 is 0 Å². The van der Waals surface area contributed by atoms with E-state index in [1.54, 1.807) is 0 Å². The molecule has 0 aliphatic rings. The monoisotopic (exact) mass is 288 g/mol. The molecule has 112 valence electrons. The molecule has 0 saturated heterocycles. The fourth-order valence-corrected chi connectivity index (χ4v) is 2.36. The number of hydrogen-bond donors (Lipinski definition) is 0. The van der Waals surface area contributed by atoms with Crippen molar-refractivity contribution in [1.29, 1.82) is 0 Å². The van der Waals surface area contributed by atoms with E-state index in [0.29, 0.717) is 0 Å². The van der Waals surface area contributed by atoms with Gasteiger partial charge in [0.05, 0.1) is 0 Å². The first-order valence-corrected chi connectivity index (χ1v) is 8.13. The standard InChI is InChI=1S/C22H24/c1-3-5-6-8-20-11-15-22(16-12-20)18-17-21-13-9-19(7-4-2)10-14-21/h3,5,9-16H,4,6-8H2,1-2H3. The summed E-state index contributed by atoms with van der Waals surface area (Å²) < 4.78 is 0. The second-order valence-electron chi connectivity index (χ2n) is 5.50. The number of rotatable bonds is 5. The van der Waals surface area contributed by atoms with Crippen LogP contribution in [0.4, 0.5) is 0 Å². The van der Waals surface area contributed by atoms with Crippen molar-refractivity contribution in [2.24, 2.45) is 0 Å². The Hall–Kier alpha value is -2.26. The molecule has 0 unspecified atom stereocenters. The highest BCUT2D eigenvalue weighted by Crippen LogP contribution is 2.08. The van der Waals surface area contributed by atoms with Crippen molar-refractivity contribution in [2.75, 3.05) is 0 Å². The second kappa shape index (κ2) is 8.90. The molecule has 2 aromatic rings. The molecule has 0 heterocycles. The molecule has 0 saturated carbocycles. The lowest BCUT2D eigenvalue weighted by atomic mass is 10.1. The third kappa shape index (κ3) is 5.26. The molecule has 22 heavy (non-hydrogen) atoms. The SMILES string of the molecule is CC=CCCc1ccc(C#Cc2ccc(CCC)cc2)cc1. The van der Waals surface area contributed by atoms with E-state index in [2.05, 4.69) is 86.4 Å². The van der Waals surface area contributed by atoms with E-state index < -0.39 is 0 Å². The summed E-state index contributed by atoms with van der Waals surface area (Å²) in [5.41, 5.74) is 4.91. The normalized spacial score (nSPS) is 10.5. The van der Waals surface area contributed by atoms with Gasteiger partial charge in [0.1, 0.15) is 0 Å². The van der Waals surface area contributed by atoms with E-state index in [4.69, 9.17) is 0 Å². The topological polar surface area (TPSA) is 0 Å². The first kappa shape index (κ1) is 16.1. The van der Waals surface area contributed by atoms with Gasteiger partial charge < -0.3 is 0 Å². The fraction of sp³-hybridized carbons (Fsp3) is 0.273. The Kier molecular flexibility index (Phi) is 6.52. The van der Waals surface area contributed by atoms with Crippen molar-refractivity contribution in [3.63, 3.8) is 0 Å². The minimum Gasteiger partial charge on any atom is -0.0917 e. The minimum atomic E-state index is 1.08. The van der Waals surface area contributed by atoms with Crippen LogP contribution in [0.15, 0.2) is 60.7 Å². The minimum absolute atomic E-state index is 1.08. The zero-order chi connectivity index (χ0) is 15.6. The molecule has 0 aliphatic heterocycles. The van der Waals surface area contributed by atoms with Crippen LogP contribution in [0.5, 0.6) is 0 Å². The van der Waals surface area contributed by atoms with Crippen molar-refractivity contribution >= 4 is 0 Å². The average Bonchev–Trinajstić information content (AvgIpc) is 2.56. The van der Waals surface area contributed by atoms with Crippen LogP contribution in [0.25, 0.3) is 0 Å². The summed E-state index contributed by atoms with van der Waals surface area (Å²) in [6.07, 6.45) is 8.83. The molecule has 0 nitrogen and oxygen atoms in total. The van der Waals surface area contributed by atoms with Gasteiger partial charge in [0.2, 0.25) is 0 Å². The Morgan fingerprint density at radius 2 is 1.27 bits per heavy atom. The van der Waals surface area contributed by atoms with Crippen LogP contribution in [0, 0.1) is 11.8 Å². The van der Waals surface area contributed by atoms with Crippen molar-refractivity contribution in [3.8, 4) is 11.8 Å². The molecular formula is C22H24. The molecule has 0 radical (unpaired) electrons. The zero-order valence-corrected chi connectivity index (χ0v) is 13.6. The molecule has 0 spiro atoms. The van der Waals surface area contributed by atoms with Gasteiger partial charge in [-0.15, -0.1) is 0 Å². The third-order valence-corrected chi connectivity index (χ3v) is 3.63. The lowest BCUT2D eigenvalue weighted by Gasteiger charge is -1.99. The van der Waals surface area contributed by atoms with Crippen molar-refractivity contribution in [1.82, 2.24) is 0 Å². The summed E-state index contributed by atoms with van der Waals surface area (Å²) in [5.74, 6) is 6.48. The maximum atomic E-state index is 3.24. The summed E-state index contributed by atoms with van der Waals surface area (Å²) in [5, 5.41) is 0. The molecule has 2 aromatic carbocycles. The van der Waals surface area contributed by atoms with Gasteiger partial charge >= 0.3 is 0 Å². The summed E-state index contributed by atoms with van der Waals surface area (Å²) in [4.78, 5) is 0. The molecule has 0 heteroatoms. The summed E-state index contributed by atoms with van der Waals surface area (Å²) in [6, 6.07) is 17.2.